The van der Waals surface area contributed by atoms with Crippen LogP contribution in [0, 0.1) is 0 Å². The molecule has 2 amide bonds. The Labute approximate surface area is 143 Å². The maximum Gasteiger partial charge on any atom is 0.319 e. The Balaban J connectivity index is 1.59. The molecule has 0 aromatic heterocycles. The summed E-state index contributed by atoms with van der Waals surface area (Å²) in [7, 11) is 3.55. The number of carbonyl (C=O) groups excluding carboxylic acids is 1. The lowest BCUT2D eigenvalue weighted by molar-refractivity contribution is 0.0763. The summed E-state index contributed by atoms with van der Waals surface area (Å²) >= 11 is 0. The predicted molar refractivity (Wildman–Crippen MR) is 96.0 cm³/mol. The molecule has 5 nitrogen and oxygen atoms in total. The molecule has 2 aromatic carbocycles. The van der Waals surface area contributed by atoms with Gasteiger partial charge in [0.1, 0.15) is 0 Å². The fraction of sp³-hybridized carbons (Fsp3) is 0.421. The van der Waals surface area contributed by atoms with Crippen LogP contribution >= 0.6 is 0 Å². The number of fused-ring (bicyclic) bond motifs is 1. The van der Waals surface area contributed by atoms with Crippen molar-refractivity contribution >= 4 is 16.8 Å². The van der Waals surface area contributed by atoms with Gasteiger partial charge in [-0.15, -0.1) is 0 Å². The second kappa shape index (κ2) is 7.20. The summed E-state index contributed by atoms with van der Waals surface area (Å²) in [5, 5.41) is 12.9. The molecule has 1 fully saturated rings. The highest BCUT2D eigenvalue weighted by Gasteiger charge is 2.23. The average Bonchev–Trinajstić information content (AvgIpc) is 2.61. The van der Waals surface area contributed by atoms with Crippen molar-refractivity contribution in [1.29, 1.82) is 0 Å². The van der Waals surface area contributed by atoms with E-state index in [0.717, 1.165) is 24.0 Å². The van der Waals surface area contributed by atoms with Gasteiger partial charge in [-0.2, -0.15) is 0 Å². The summed E-state index contributed by atoms with van der Waals surface area (Å²) in [4.78, 5) is 17.6. The topological polar surface area (TPSA) is 47.0 Å². The van der Waals surface area contributed by atoms with E-state index in [9.17, 15) is 9.90 Å². The maximum atomic E-state index is 12.0. The van der Waals surface area contributed by atoms with Gasteiger partial charge >= 0.3 is 6.03 Å². The smallest absolute Gasteiger partial charge is 0.319 e. The second-order valence-electron chi connectivity index (χ2n) is 6.59. The van der Waals surface area contributed by atoms with Crippen LogP contribution in [0.2, 0.25) is 0 Å². The standard InChI is InChI=1S/C19H25N3O2/c1-20(2)19(24)22-11-9-21(10-12-22)14-18(23)17-8-7-15-5-3-4-6-16(15)13-17/h3-8,13,18,23H,9-12,14H2,1-2H3. The van der Waals surface area contributed by atoms with Crippen molar-refractivity contribution in [2.24, 2.45) is 0 Å². The van der Waals surface area contributed by atoms with Crippen molar-refractivity contribution in [2.45, 2.75) is 6.10 Å². The molecule has 0 bridgehead atoms. The van der Waals surface area contributed by atoms with Crippen LogP contribution in [0.3, 0.4) is 0 Å². The molecule has 0 spiro atoms. The summed E-state index contributed by atoms with van der Waals surface area (Å²) in [6, 6.07) is 14.4. The van der Waals surface area contributed by atoms with Crippen LogP contribution in [0.15, 0.2) is 42.5 Å². The first-order valence-electron chi connectivity index (χ1n) is 8.40. The lowest BCUT2D eigenvalue weighted by Gasteiger charge is -2.36. The molecule has 0 radical (unpaired) electrons. The molecule has 1 aliphatic heterocycles. The highest BCUT2D eigenvalue weighted by Crippen LogP contribution is 2.21. The van der Waals surface area contributed by atoms with Gasteiger partial charge in [0.25, 0.3) is 0 Å². The zero-order chi connectivity index (χ0) is 17.1. The number of hydrogen-bond acceptors (Lipinski definition) is 3. The van der Waals surface area contributed by atoms with Crippen LogP contribution in [-0.2, 0) is 0 Å². The van der Waals surface area contributed by atoms with Gasteiger partial charge in [0.15, 0.2) is 0 Å². The number of carbonyl (C=O) groups is 1. The fourth-order valence-electron chi connectivity index (χ4n) is 3.17. The van der Waals surface area contributed by atoms with E-state index in [-0.39, 0.29) is 6.03 Å². The number of benzene rings is 2. The van der Waals surface area contributed by atoms with Gasteiger partial charge in [-0.3, -0.25) is 4.90 Å². The third kappa shape index (κ3) is 3.68. The molecular weight excluding hydrogens is 302 g/mol. The minimum Gasteiger partial charge on any atom is -0.387 e. The number of aliphatic hydroxyl groups is 1. The Hall–Kier alpha value is -2.11. The van der Waals surface area contributed by atoms with E-state index in [1.165, 1.54) is 5.39 Å². The lowest BCUT2D eigenvalue weighted by Crippen LogP contribution is -2.52. The number of β-amino-alcohol motifs (C(OH)–C–C–N with tert-alkyl or cyclic N) is 1. The van der Waals surface area contributed by atoms with Gasteiger partial charge in [0, 0.05) is 46.8 Å². The SMILES string of the molecule is CN(C)C(=O)N1CCN(CC(O)c2ccc3ccccc3c2)CC1. The Morgan fingerprint density at radius 3 is 2.42 bits per heavy atom. The number of amides is 2. The molecule has 0 saturated carbocycles. The summed E-state index contributed by atoms with van der Waals surface area (Å²) in [5.74, 6) is 0. The number of urea groups is 1. The summed E-state index contributed by atoms with van der Waals surface area (Å²) in [6.45, 7) is 3.61. The van der Waals surface area contributed by atoms with Gasteiger partial charge in [-0.05, 0) is 22.4 Å². The largest absolute Gasteiger partial charge is 0.387 e. The molecule has 1 saturated heterocycles. The Bertz CT molecular complexity index is 709. The van der Waals surface area contributed by atoms with Crippen molar-refractivity contribution in [2.75, 3.05) is 46.8 Å². The molecule has 1 aliphatic rings. The fourth-order valence-corrected chi connectivity index (χ4v) is 3.17. The first-order chi connectivity index (χ1) is 11.5. The number of hydrogen-bond donors (Lipinski definition) is 1. The van der Waals surface area contributed by atoms with Gasteiger partial charge in [0.2, 0.25) is 0 Å². The molecule has 3 rings (SSSR count). The van der Waals surface area contributed by atoms with E-state index in [4.69, 9.17) is 0 Å². The zero-order valence-electron chi connectivity index (χ0n) is 14.4. The summed E-state index contributed by atoms with van der Waals surface area (Å²) in [6.07, 6.45) is -0.509. The first kappa shape index (κ1) is 16.7. The van der Waals surface area contributed by atoms with Crippen molar-refractivity contribution in [3.05, 3.63) is 48.0 Å². The van der Waals surface area contributed by atoms with Gasteiger partial charge < -0.3 is 14.9 Å². The molecule has 1 N–H and O–H groups in total. The van der Waals surface area contributed by atoms with Crippen LogP contribution in [0.1, 0.15) is 11.7 Å². The Morgan fingerprint density at radius 2 is 1.75 bits per heavy atom. The average molecular weight is 327 g/mol. The van der Waals surface area contributed by atoms with Gasteiger partial charge in [-0.1, -0.05) is 36.4 Å². The highest BCUT2D eigenvalue weighted by atomic mass is 16.3. The number of aliphatic hydroxyl groups excluding tert-OH is 1. The molecule has 1 heterocycles. The van der Waals surface area contributed by atoms with Gasteiger partial charge in [0.05, 0.1) is 6.10 Å². The Morgan fingerprint density at radius 1 is 1.08 bits per heavy atom. The second-order valence-corrected chi connectivity index (χ2v) is 6.59. The first-order valence-corrected chi connectivity index (χ1v) is 8.40. The molecule has 5 heteroatoms. The van der Waals surface area contributed by atoms with Crippen LogP contribution < -0.4 is 0 Å². The monoisotopic (exact) mass is 327 g/mol. The van der Waals surface area contributed by atoms with Crippen molar-refractivity contribution in [3.8, 4) is 0 Å². The van der Waals surface area contributed by atoms with E-state index >= 15 is 0 Å². The predicted octanol–water partition coefficient (Wildman–Crippen LogP) is 2.17. The normalized spacial score (nSPS) is 17.0. The van der Waals surface area contributed by atoms with Crippen molar-refractivity contribution < 1.29 is 9.90 Å². The molecule has 1 atom stereocenters. The van der Waals surface area contributed by atoms with E-state index in [1.807, 2.05) is 23.1 Å². The molecular formula is C19H25N3O2. The number of piperazine rings is 1. The third-order valence-corrected chi connectivity index (χ3v) is 4.61. The minimum atomic E-state index is -0.509. The molecule has 0 aliphatic carbocycles. The van der Waals surface area contributed by atoms with E-state index in [2.05, 4.69) is 29.2 Å². The van der Waals surface area contributed by atoms with Gasteiger partial charge in [-0.25, -0.2) is 4.79 Å². The minimum absolute atomic E-state index is 0.0599. The number of nitrogens with zero attached hydrogens (tertiary/aromatic N) is 3. The van der Waals surface area contributed by atoms with Crippen LogP contribution in [0.4, 0.5) is 4.79 Å². The molecule has 2 aromatic rings. The quantitative estimate of drug-likeness (QED) is 0.940. The van der Waals surface area contributed by atoms with E-state index < -0.39 is 6.10 Å². The lowest BCUT2D eigenvalue weighted by atomic mass is 10.0. The third-order valence-electron chi connectivity index (χ3n) is 4.61. The highest BCUT2D eigenvalue weighted by molar-refractivity contribution is 5.83. The van der Waals surface area contributed by atoms with E-state index in [0.29, 0.717) is 19.6 Å². The zero-order valence-corrected chi connectivity index (χ0v) is 14.4. The van der Waals surface area contributed by atoms with E-state index in [1.54, 1.807) is 19.0 Å². The summed E-state index contributed by atoms with van der Waals surface area (Å²) in [5.41, 5.74) is 0.945. The van der Waals surface area contributed by atoms with Crippen LogP contribution in [0.5, 0.6) is 0 Å². The molecule has 24 heavy (non-hydrogen) atoms. The van der Waals surface area contributed by atoms with Crippen LogP contribution in [0.25, 0.3) is 10.8 Å². The Kier molecular flexibility index (Phi) is 5.02. The van der Waals surface area contributed by atoms with Crippen molar-refractivity contribution in [1.82, 2.24) is 14.7 Å². The maximum absolute atomic E-state index is 12.0. The molecule has 1 unspecified atom stereocenters. The van der Waals surface area contributed by atoms with Crippen molar-refractivity contribution in [3.63, 3.8) is 0 Å². The van der Waals surface area contributed by atoms with Crippen LogP contribution in [-0.4, -0.2) is 72.7 Å². The summed E-state index contributed by atoms with van der Waals surface area (Å²) < 4.78 is 0. The number of rotatable bonds is 3. The molecule has 128 valence electrons.